The quantitative estimate of drug-likeness (QED) is 0.864. The molecule has 0 fully saturated rings. The van der Waals surface area contributed by atoms with E-state index in [9.17, 15) is 8.42 Å². The smallest absolute Gasteiger partial charge is 0.229 e. The van der Waals surface area contributed by atoms with Gasteiger partial charge in [0.05, 0.1) is 11.9 Å². The fourth-order valence-electron chi connectivity index (χ4n) is 1.76. The Labute approximate surface area is 127 Å². The standard InChI is InChI=1S/C14H15BrN2O2S/c1-20(18,19)17-14-7-3-6-13(9-14)16-10-11-4-2-5-12(15)8-11/h2-9,16-17H,10H2,1H3. The van der Waals surface area contributed by atoms with E-state index in [1.165, 1.54) is 0 Å². The van der Waals surface area contributed by atoms with Gasteiger partial charge in [-0.05, 0) is 35.9 Å². The molecule has 0 aliphatic heterocycles. The van der Waals surface area contributed by atoms with E-state index in [4.69, 9.17) is 0 Å². The molecular formula is C14H15BrN2O2S. The highest BCUT2D eigenvalue weighted by Gasteiger charge is 2.02. The van der Waals surface area contributed by atoms with E-state index in [2.05, 4.69) is 26.0 Å². The highest BCUT2D eigenvalue weighted by Crippen LogP contribution is 2.18. The van der Waals surface area contributed by atoms with E-state index in [1.807, 2.05) is 30.3 Å². The monoisotopic (exact) mass is 354 g/mol. The van der Waals surface area contributed by atoms with Gasteiger partial charge in [-0.3, -0.25) is 4.72 Å². The second kappa shape index (κ2) is 6.28. The first-order chi connectivity index (χ1) is 9.42. The van der Waals surface area contributed by atoms with Crippen molar-refractivity contribution in [2.75, 3.05) is 16.3 Å². The number of hydrogen-bond acceptors (Lipinski definition) is 3. The van der Waals surface area contributed by atoms with Gasteiger partial charge in [-0.2, -0.15) is 0 Å². The molecule has 0 radical (unpaired) electrons. The maximum Gasteiger partial charge on any atom is 0.229 e. The molecule has 0 amide bonds. The second-order valence-electron chi connectivity index (χ2n) is 4.44. The summed E-state index contributed by atoms with van der Waals surface area (Å²) in [5, 5.41) is 3.26. The van der Waals surface area contributed by atoms with Crippen LogP contribution in [0.1, 0.15) is 5.56 Å². The molecule has 4 nitrogen and oxygen atoms in total. The molecule has 2 aromatic rings. The Morgan fingerprint density at radius 3 is 2.45 bits per heavy atom. The molecule has 0 aliphatic rings. The summed E-state index contributed by atoms with van der Waals surface area (Å²) in [6.07, 6.45) is 1.13. The number of hydrogen-bond donors (Lipinski definition) is 2. The lowest BCUT2D eigenvalue weighted by Gasteiger charge is -2.09. The minimum atomic E-state index is -3.25. The van der Waals surface area contributed by atoms with Crippen molar-refractivity contribution in [2.45, 2.75) is 6.54 Å². The Hall–Kier alpha value is -1.53. The van der Waals surface area contributed by atoms with Gasteiger partial charge < -0.3 is 5.32 Å². The fraction of sp³-hybridized carbons (Fsp3) is 0.143. The normalized spacial score (nSPS) is 11.1. The Kier molecular flexibility index (Phi) is 4.67. The van der Waals surface area contributed by atoms with Crippen LogP contribution in [0.4, 0.5) is 11.4 Å². The number of rotatable bonds is 5. The molecule has 0 saturated heterocycles. The number of nitrogens with one attached hydrogen (secondary N) is 2. The largest absolute Gasteiger partial charge is 0.381 e. The van der Waals surface area contributed by atoms with Crippen LogP contribution in [0.3, 0.4) is 0 Å². The summed E-state index contributed by atoms with van der Waals surface area (Å²) in [5.41, 5.74) is 2.55. The van der Waals surface area contributed by atoms with Gasteiger partial charge in [-0.1, -0.05) is 34.1 Å². The predicted octanol–water partition coefficient (Wildman–Crippen LogP) is 3.43. The molecule has 0 saturated carbocycles. The first-order valence-corrected chi connectivity index (χ1v) is 8.67. The molecule has 106 valence electrons. The molecule has 0 aliphatic carbocycles. The molecule has 6 heteroatoms. The second-order valence-corrected chi connectivity index (χ2v) is 7.10. The van der Waals surface area contributed by atoms with Crippen molar-refractivity contribution >= 4 is 37.3 Å². The van der Waals surface area contributed by atoms with Crippen LogP contribution < -0.4 is 10.0 Å². The van der Waals surface area contributed by atoms with E-state index >= 15 is 0 Å². The maximum atomic E-state index is 11.2. The molecule has 2 N–H and O–H groups in total. The van der Waals surface area contributed by atoms with E-state index < -0.39 is 10.0 Å². The van der Waals surface area contributed by atoms with Gasteiger partial charge >= 0.3 is 0 Å². The summed E-state index contributed by atoms with van der Waals surface area (Å²) >= 11 is 3.43. The van der Waals surface area contributed by atoms with Crippen molar-refractivity contribution in [3.8, 4) is 0 Å². The van der Waals surface area contributed by atoms with Crippen LogP contribution in [0.25, 0.3) is 0 Å². The molecule has 20 heavy (non-hydrogen) atoms. The van der Waals surface area contributed by atoms with E-state index in [0.29, 0.717) is 12.2 Å². The van der Waals surface area contributed by atoms with Crippen LogP contribution in [0.2, 0.25) is 0 Å². The lowest BCUT2D eigenvalue weighted by molar-refractivity contribution is 0.607. The predicted molar refractivity (Wildman–Crippen MR) is 86.4 cm³/mol. The van der Waals surface area contributed by atoms with Crippen molar-refractivity contribution in [3.05, 3.63) is 58.6 Å². The number of halogens is 1. The minimum absolute atomic E-state index is 0.548. The Morgan fingerprint density at radius 1 is 1.05 bits per heavy atom. The molecule has 0 spiro atoms. The lowest BCUT2D eigenvalue weighted by atomic mass is 10.2. The molecule has 2 aromatic carbocycles. The van der Waals surface area contributed by atoms with Crippen LogP contribution in [-0.2, 0) is 16.6 Å². The average molecular weight is 355 g/mol. The number of sulfonamides is 1. The maximum absolute atomic E-state index is 11.2. The van der Waals surface area contributed by atoms with Gasteiger partial charge in [0, 0.05) is 16.7 Å². The van der Waals surface area contributed by atoms with Crippen molar-refractivity contribution in [2.24, 2.45) is 0 Å². The molecule has 0 aromatic heterocycles. The summed E-state index contributed by atoms with van der Waals surface area (Å²) in [7, 11) is -3.25. The van der Waals surface area contributed by atoms with Gasteiger partial charge in [0.1, 0.15) is 0 Å². The number of benzene rings is 2. The van der Waals surface area contributed by atoms with Crippen molar-refractivity contribution in [1.29, 1.82) is 0 Å². The van der Waals surface area contributed by atoms with Crippen LogP contribution >= 0.6 is 15.9 Å². The van der Waals surface area contributed by atoms with Crippen LogP contribution in [0, 0.1) is 0 Å². The molecule has 0 atom stereocenters. The average Bonchev–Trinajstić information content (AvgIpc) is 2.35. The summed E-state index contributed by atoms with van der Waals surface area (Å²) in [6.45, 7) is 0.668. The lowest BCUT2D eigenvalue weighted by Crippen LogP contribution is -2.09. The van der Waals surface area contributed by atoms with Gasteiger partial charge in [0.2, 0.25) is 10.0 Å². The van der Waals surface area contributed by atoms with Gasteiger partial charge in [0.25, 0.3) is 0 Å². The van der Waals surface area contributed by atoms with Crippen LogP contribution in [-0.4, -0.2) is 14.7 Å². The van der Waals surface area contributed by atoms with E-state index in [1.54, 1.807) is 18.2 Å². The van der Waals surface area contributed by atoms with Crippen LogP contribution in [0.15, 0.2) is 53.0 Å². The summed E-state index contributed by atoms with van der Waals surface area (Å²) in [5.74, 6) is 0. The third kappa shape index (κ3) is 4.86. The highest BCUT2D eigenvalue weighted by molar-refractivity contribution is 9.10. The fourth-order valence-corrected chi connectivity index (χ4v) is 2.76. The zero-order valence-electron chi connectivity index (χ0n) is 10.9. The SMILES string of the molecule is CS(=O)(=O)Nc1cccc(NCc2cccc(Br)c2)c1. The minimum Gasteiger partial charge on any atom is -0.381 e. The summed E-state index contributed by atoms with van der Waals surface area (Å²) < 4.78 is 25.9. The third-order valence-corrected chi connectivity index (χ3v) is 3.65. The Bertz CT molecular complexity index is 702. The molecule has 0 bridgehead atoms. The molecule has 0 unspecified atom stereocenters. The molecular weight excluding hydrogens is 340 g/mol. The van der Waals surface area contributed by atoms with Gasteiger partial charge in [-0.25, -0.2) is 8.42 Å². The topological polar surface area (TPSA) is 58.2 Å². The highest BCUT2D eigenvalue weighted by atomic mass is 79.9. The first-order valence-electron chi connectivity index (χ1n) is 5.98. The molecule has 2 rings (SSSR count). The zero-order chi connectivity index (χ0) is 14.6. The molecule has 0 heterocycles. The summed E-state index contributed by atoms with van der Waals surface area (Å²) in [6, 6.07) is 15.2. The Morgan fingerprint density at radius 2 is 1.75 bits per heavy atom. The third-order valence-electron chi connectivity index (χ3n) is 2.55. The zero-order valence-corrected chi connectivity index (χ0v) is 13.3. The van der Waals surface area contributed by atoms with Crippen LogP contribution in [0.5, 0.6) is 0 Å². The first kappa shape index (κ1) is 14.9. The van der Waals surface area contributed by atoms with Crippen molar-refractivity contribution in [3.63, 3.8) is 0 Å². The Balaban J connectivity index is 2.05. The number of anilines is 2. The van der Waals surface area contributed by atoms with E-state index in [-0.39, 0.29) is 0 Å². The summed E-state index contributed by atoms with van der Waals surface area (Å²) in [4.78, 5) is 0. The van der Waals surface area contributed by atoms with Gasteiger partial charge in [-0.15, -0.1) is 0 Å². The van der Waals surface area contributed by atoms with Gasteiger partial charge in [0.15, 0.2) is 0 Å². The van der Waals surface area contributed by atoms with Crippen molar-refractivity contribution in [1.82, 2.24) is 0 Å². The van der Waals surface area contributed by atoms with Crippen molar-refractivity contribution < 1.29 is 8.42 Å². The van der Waals surface area contributed by atoms with E-state index in [0.717, 1.165) is 22.0 Å².